The molecule has 2 fully saturated rings. The number of hydrogen-bond donors (Lipinski definition) is 1. The Morgan fingerprint density at radius 1 is 1.25 bits per heavy atom. The summed E-state index contributed by atoms with van der Waals surface area (Å²) >= 11 is 6.22. The van der Waals surface area contributed by atoms with Crippen LogP contribution in [0, 0.1) is 11.8 Å². The molecule has 3 unspecified atom stereocenters. The SMILES string of the molecule is OC1CCC2CN(Cc3cc(Cl)c4c(c3)OCO4)CC12. The molecule has 0 radical (unpaired) electrons. The zero-order valence-electron chi connectivity index (χ0n) is 11.2. The summed E-state index contributed by atoms with van der Waals surface area (Å²) in [6.07, 6.45) is 2.02. The summed E-state index contributed by atoms with van der Waals surface area (Å²) in [4.78, 5) is 2.41. The van der Waals surface area contributed by atoms with Gasteiger partial charge in [0.1, 0.15) is 0 Å². The fraction of sp³-hybridized carbons (Fsp3) is 0.600. The average Bonchev–Trinajstić information content (AvgIpc) is 3.08. The molecule has 3 atom stereocenters. The van der Waals surface area contributed by atoms with Crippen LogP contribution in [0.1, 0.15) is 18.4 Å². The largest absolute Gasteiger partial charge is 0.454 e. The van der Waals surface area contributed by atoms with E-state index in [1.165, 1.54) is 0 Å². The van der Waals surface area contributed by atoms with E-state index in [1.54, 1.807) is 0 Å². The molecule has 0 spiro atoms. The van der Waals surface area contributed by atoms with Gasteiger partial charge < -0.3 is 14.6 Å². The molecule has 108 valence electrons. The molecule has 1 aromatic carbocycles. The van der Waals surface area contributed by atoms with Gasteiger partial charge in [-0.25, -0.2) is 0 Å². The van der Waals surface area contributed by atoms with Crippen molar-refractivity contribution >= 4 is 11.6 Å². The summed E-state index contributed by atoms with van der Waals surface area (Å²) in [5, 5.41) is 10.6. The van der Waals surface area contributed by atoms with Crippen LogP contribution in [0.4, 0.5) is 0 Å². The Kier molecular flexibility index (Phi) is 3.05. The smallest absolute Gasteiger partial charge is 0.231 e. The predicted molar refractivity (Wildman–Crippen MR) is 75.1 cm³/mol. The summed E-state index contributed by atoms with van der Waals surface area (Å²) in [7, 11) is 0. The molecule has 0 bridgehead atoms. The average molecular weight is 296 g/mol. The predicted octanol–water partition coefficient (Wildman–Crippen LogP) is 2.27. The zero-order valence-corrected chi connectivity index (χ0v) is 12.0. The number of benzene rings is 1. The summed E-state index contributed by atoms with van der Waals surface area (Å²) in [6.45, 7) is 3.17. The molecule has 1 saturated heterocycles. The third-order valence-electron chi connectivity index (χ3n) is 4.79. The number of aliphatic hydroxyl groups is 1. The maximum atomic E-state index is 9.97. The summed E-state index contributed by atoms with van der Waals surface area (Å²) in [6, 6.07) is 3.97. The molecular weight excluding hydrogens is 278 g/mol. The van der Waals surface area contributed by atoms with Gasteiger partial charge in [0.15, 0.2) is 11.5 Å². The molecule has 4 rings (SSSR count). The van der Waals surface area contributed by atoms with Crippen molar-refractivity contribution in [2.24, 2.45) is 11.8 Å². The second kappa shape index (κ2) is 4.79. The normalized spacial score (nSPS) is 31.8. The zero-order chi connectivity index (χ0) is 13.7. The van der Waals surface area contributed by atoms with E-state index in [9.17, 15) is 5.11 Å². The molecule has 4 nitrogen and oxygen atoms in total. The van der Waals surface area contributed by atoms with E-state index >= 15 is 0 Å². The van der Waals surface area contributed by atoms with Gasteiger partial charge >= 0.3 is 0 Å². The molecule has 0 aromatic heterocycles. The van der Waals surface area contributed by atoms with Crippen molar-refractivity contribution in [3.8, 4) is 11.5 Å². The van der Waals surface area contributed by atoms with Gasteiger partial charge in [-0.3, -0.25) is 4.90 Å². The lowest BCUT2D eigenvalue weighted by molar-refractivity contribution is 0.123. The number of aliphatic hydroxyl groups excluding tert-OH is 1. The fourth-order valence-corrected chi connectivity index (χ4v) is 4.12. The highest BCUT2D eigenvalue weighted by Gasteiger charge is 2.41. The Balaban J connectivity index is 1.49. The number of ether oxygens (including phenoxy) is 2. The fourth-order valence-electron chi connectivity index (χ4n) is 3.83. The second-order valence-electron chi connectivity index (χ2n) is 6.07. The van der Waals surface area contributed by atoms with Gasteiger partial charge in [-0.1, -0.05) is 11.6 Å². The van der Waals surface area contributed by atoms with Crippen LogP contribution >= 0.6 is 11.6 Å². The first-order valence-corrected chi connectivity index (χ1v) is 7.57. The summed E-state index contributed by atoms with van der Waals surface area (Å²) in [5.74, 6) is 2.52. The highest BCUT2D eigenvalue weighted by atomic mass is 35.5. The van der Waals surface area contributed by atoms with E-state index in [0.29, 0.717) is 22.6 Å². The lowest BCUT2D eigenvalue weighted by Crippen LogP contribution is -2.24. The van der Waals surface area contributed by atoms with Crippen molar-refractivity contribution in [2.45, 2.75) is 25.5 Å². The van der Waals surface area contributed by atoms with Crippen LogP contribution in [-0.4, -0.2) is 36.0 Å². The Bertz CT molecular complexity index is 536. The molecule has 3 aliphatic rings. The lowest BCUT2D eigenvalue weighted by atomic mass is 10.00. The maximum absolute atomic E-state index is 9.97. The van der Waals surface area contributed by atoms with Gasteiger partial charge in [0.05, 0.1) is 11.1 Å². The van der Waals surface area contributed by atoms with E-state index in [2.05, 4.69) is 4.90 Å². The van der Waals surface area contributed by atoms with Crippen molar-refractivity contribution in [3.05, 3.63) is 22.7 Å². The van der Waals surface area contributed by atoms with Crippen molar-refractivity contribution in [1.82, 2.24) is 4.90 Å². The third-order valence-corrected chi connectivity index (χ3v) is 5.07. The molecule has 5 heteroatoms. The molecule has 1 saturated carbocycles. The van der Waals surface area contributed by atoms with E-state index in [4.69, 9.17) is 21.1 Å². The van der Waals surface area contributed by atoms with Gasteiger partial charge in [-0.15, -0.1) is 0 Å². The van der Waals surface area contributed by atoms with Crippen LogP contribution in [0.25, 0.3) is 0 Å². The van der Waals surface area contributed by atoms with Crippen LogP contribution in [0.2, 0.25) is 5.02 Å². The summed E-state index contributed by atoms with van der Waals surface area (Å²) in [5.41, 5.74) is 1.15. The Morgan fingerprint density at radius 2 is 2.15 bits per heavy atom. The molecule has 20 heavy (non-hydrogen) atoms. The standard InChI is InChI=1S/C15H18ClNO3/c16-12-3-9(4-14-15(12)20-8-19-14)5-17-6-10-1-2-13(18)11(10)7-17/h3-4,10-11,13,18H,1-2,5-8H2. The molecule has 0 amide bonds. The van der Waals surface area contributed by atoms with E-state index < -0.39 is 0 Å². The Labute approximate surface area is 123 Å². The second-order valence-corrected chi connectivity index (χ2v) is 6.48. The molecule has 1 N–H and O–H groups in total. The number of hydrogen-bond acceptors (Lipinski definition) is 4. The number of fused-ring (bicyclic) bond motifs is 2. The molecule has 1 aliphatic carbocycles. The van der Waals surface area contributed by atoms with Gasteiger partial charge in [-0.05, 0) is 36.5 Å². The quantitative estimate of drug-likeness (QED) is 0.909. The Hall–Kier alpha value is -0.970. The number of rotatable bonds is 2. The molecular formula is C15H18ClNO3. The van der Waals surface area contributed by atoms with E-state index in [0.717, 1.165) is 43.8 Å². The van der Waals surface area contributed by atoms with E-state index in [-0.39, 0.29) is 12.9 Å². The van der Waals surface area contributed by atoms with Gasteiger partial charge in [-0.2, -0.15) is 0 Å². The Morgan fingerprint density at radius 3 is 3.00 bits per heavy atom. The molecule has 2 aliphatic heterocycles. The van der Waals surface area contributed by atoms with Crippen LogP contribution < -0.4 is 9.47 Å². The summed E-state index contributed by atoms with van der Waals surface area (Å²) < 4.78 is 10.7. The number of halogens is 1. The van der Waals surface area contributed by atoms with Crippen LogP contribution in [0.15, 0.2) is 12.1 Å². The van der Waals surface area contributed by atoms with Crippen LogP contribution in [-0.2, 0) is 6.54 Å². The van der Waals surface area contributed by atoms with Gasteiger partial charge in [0.2, 0.25) is 6.79 Å². The minimum Gasteiger partial charge on any atom is -0.454 e. The first-order valence-electron chi connectivity index (χ1n) is 7.19. The minimum atomic E-state index is -0.106. The van der Waals surface area contributed by atoms with Gasteiger partial charge in [0, 0.05) is 25.6 Å². The highest BCUT2D eigenvalue weighted by molar-refractivity contribution is 6.32. The number of nitrogens with zero attached hydrogens (tertiary/aromatic N) is 1. The molecule has 2 heterocycles. The number of likely N-dealkylation sites (tertiary alicyclic amines) is 1. The van der Waals surface area contributed by atoms with Gasteiger partial charge in [0.25, 0.3) is 0 Å². The van der Waals surface area contributed by atoms with Crippen molar-refractivity contribution in [3.63, 3.8) is 0 Å². The third kappa shape index (κ3) is 2.07. The lowest BCUT2D eigenvalue weighted by Gasteiger charge is -2.18. The van der Waals surface area contributed by atoms with Crippen molar-refractivity contribution < 1.29 is 14.6 Å². The monoisotopic (exact) mass is 295 g/mol. The van der Waals surface area contributed by atoms with Crippen molar-refractivity contribution in [2.75, 3.05) is 19.9 Å². The maximum Gasteiger partial charge on any atom is 0.231 e. The highest BCUT2D eigenvalue weighted by Crippen LogP contribution is 2.42. The topological polar surface area (TPSA) is 41.9 Å². The first kappa shape index (κ1) is 12.7. The first-order chi connectivity index (χ1) is 9.70. The minimum absolute atomic E-state index is 0.106. The van der Waals surface area contributed by atoms with E-state index in [1.807, 2.05) is 12.1 Å². The van der Waals surface area contributed by atoms with Crippen LogP contribution in [0.5, 0.6) is 11.5 Å². The molecule has 1 aromatic rings. The van der Waals surface area contributed by atoms with Crippen LogP contribution in [0.3, 0.4) is 0 Å². The van der Waals surface area contributed by atoms with Crippen molar-refractivity contribution in [1.29, 1.82) is 0 Å².